The van der Waals surface area contributed by atoms with Gasteiger partial charge in [0.2, 0.25) is 0 Å². The van der Waals surface area contributed by atoms with Crippen molar-refractivity contribution in [2.45, 2.75) is 6.92 Å². The number of allylic oxidation sites excluding steroid dienone is 4. The molecule has 0 spiro atoms. The Kier molecular flexibility index (Phi) is 11.0. The molecule has 1 atom stereocenters. The van der Waals surface area contributed by atoms with Crippen LogP contribution in [-0.2, 0) is 23.9 Å². The zero-order valence-corrected chi connectivity index (χ0v) is 27.1. The van der Waals surface area contributed by atoms with Crippen LogP contribution in [0.25, 0.3) is 0 Å². The number of halogens is 6. The number of hydrazone groups is 2. The molecular weight excluding hydrogens is 713 g/mol. The average Bonchev–Trinajstić information content (AvgIpc) is 3.44. The lowest BCUT2D eigenvalue weighted by Gasteiger charge is -2.16. The molecule has 10 nitrogen and oxygen atoms in total. The summed E-state index contributed by atoms with van der Waals surface area (Å²) in [7, 11) is 0. The van der Waals surface area contributed by atoms with Gasteiger partial charge in [0.1, 0.15) is 29.1 Å². The minimum atomic E-state index is -1.26. The number of hydrogen-bond acceptors (Lipinski definition) is 8. The Bertz CT molecular complexity index is 1810. The summed E-state index contributed by atoms with van der Waals surface area (Å²) in [5, 5.41) is 19.2. The number of aliphatic hydroxyl groups is 1. The molecule has 2 aromatic carbocycles. The Morgan fingerprint density at radius 3 is 1.98 bits per heavy atom. The van der Waals surface area contributed by atoms with Crippen LogP contribution in [0.15, 0.2) is 70.4 Å². The van der Waals surface area contributed by atoms with Gasteiger partial charge in [-0.15, -0.1) is 0 Å². The van der Waals surface area contributed by atoms with Crippen molar-refractivity contribution in [3.8, 4) is 12.0 Å². The summed E-state index contributed by atoms with van der Waals surface area (Å²) in [6, 6.07) is 5.40. The number of carbonyl (C=O) groups is 4. The van der Waals surface area contributed by atoms with Crippen molar-refractivity contribution in [1.82, 2.24) is 0 Å². The topological polar surface area (TPSA) is 129 Å². The van der Waals surface area contributed by atoms with Gasteiger partial charge in [-0.05, 0) is 37.3 Å². The zero-order chi connectivity index (χ0) is 33.0. The number of esters is 1. The quantitative estimate of drug-likeness (QED) is 0.137. The normalized spacial score (nSPS) is 17.3. The van der Waals surface area contributed by atoms with Gasteiger partial charge in [0.15, 0.2) is 5.71 Å². The van der Waals surface area contributed by atoms with Crippen LogP contribution >= 0.6 is 69.6 Å². The summed E-state index contributed by atoms with van der Waals surface area (Å²) < 4.78 is 5.04. The fraction of sp³-hybridized carbons (Fsp3) is 0.103. The van der Waals surface area contributed by atoms with Crippen molar-refractivity contribution in [3.05, 3.63) is 90.4 Å². The molecule has 2 aliphatic rings. The second-order valence-corrected chi connectivity index (χ2v) is 11.3. The molecule has 16 heteroatoms. The summed E-state index contributed by atoms with van der Waals surface area (Å²) in [6.45, 7) is 1.60. The first kappa shape index (κ1) is 34.1. The average molecular weight is 729 g/mol. The molecule has 2 aromatic rings. The Hall–Kier alpha value is -3.82. The van der Waals surface area contributed by atoms with Gasteiger partial charge in [0.05, 0.1) is 32.3 Å². The first-order valence-electron chi connectivity index (χ1n) is 12.5. The van der Waals surface area contributed by atoms with E-state index in [4.69, 9.17) is 79.4 Å². The van der Waals surface area contributed by atoms with Crippen molar-refractivity contribution >= 4 is 116 Å². The molecule has 2 heterocycles. The van der Waals surface area contributed by atoms with E-state index in [1.54, 1.807) is 6.92 Å². The van der Waals surface area contributed by atoms with E-state index in [1.807, 2.05) is 5.92 Å². The molecular formula is C29H16Cl6N4O6. The Morgan fingerprint density at radius 1 is 0.889 bits per heavy atom. The Morgan fingerprint density at radius 2 is 1.44 bits per heavy atom. The number of carbonyl (C=O) groups excluding carboxylic acids is 4. The van der Waals surface area contributed by atoms with E-state index in [2.05, 4.69) is 10.2 Å². The number of hydrogen-bond donors (Lipinski definition) is 1. The fourth-order valence-corrected chi connectivity index (χ4v) is 5.99. The van der Waals surface area contributed by atoms with Gasteiger partial charge in [-0.3, -0.25) is 14.4 Å². The molecule has 1 unspecified atom stereocenters. The van der Waals surface area contributed by atoms with Crippen LogP contribution in [0.2, 0.25) is 30.1 Å². The molecule has 45 heavy (non-hydrogen) atoms. The van der Waals surface area contributed by atoms with E-state index in [0.29, 0.717) is 0 Å². The van der Waals surface area contributed by atoms with E-state index in [0.717, 1.165) is 10.0 Å². The van der Waals surface area contributed by atoms with E-state index in [1.165, 1.54) is 60.8 Å². The highest BCUT2D eigenvalue weighted by Crippen LogP contribution is 2.40. The lowest BCUT2D eigenvalue weighted by molar-refractivity contribution is -0.135. The van der Waals surface area contributed by atoms with Crippen LogP contribution in [-0.4, -0.2) is 46.7 Å². The molecule has 0 bridgehead atoms. The van der Waals surface area contributed by atoms with E-state index in [9.17, 15) is 19.2 Å². The Labute approximate surface area is 285 Å². The monoisotopic (exact) mass is 726 g/mol. The van der Waals surface area contributed by atoms with Crippen LogP contribution in [0.3, 0.4) is 0 Å². The third-order valence-corrected chi connectivity index (χ3v) is 7.49. The van der Waals surface area contributed by atoms with Crippen molar-refractivity contribution < 1.29 is 29.0 Å². The smallest absolute Gasteiger partial charge is 0.359 e. The van der Waals surface area contributed by atoms with Crippen LogP contribution < -0.4 is 10.0 Å². The first-order valence-corrected chi connectivity index (χ1v) is 14.7. The lowest BCUT2D eigenvalue weighted by Crippen LogP contribution is -2.28. The molecule has 0 fully saturated rings. The molecule has 0 radical (unpaired) electrons. The number of anilines is 2. The maximum absolute atomic E-state index is 13.3. The summed E-state index contributed by atoms with van der Waals surface area (Å²) in [6.07, 6.45) is 8.27. The second-order valence-electron chi connectivity index (χ2n) is 8.75. The van der Waals surface area contributed by atoms with Crippen molar-refractivity contribution in [2.75, 3.05) is 16.6 Å². The molecule has 0 aliphatic carbocycles. The lowest BCUT2D eigenvalue weighted by atomic mass is 9.99. The summed E-state index contributed by atoms with van der Waals surface area (Å²) in [5.41, 5.74) is -0.775. The van der Waals surface area contributed by atoms with Gasteiger partial charge in [-0.1, -0.05) is 93.9 Å². The predicted molar refractivity (Wildman–Crippen MR) is 174 cm³/mol. The molecule has 2 aliphatic heterocycles. The summed E-state index contributed by atoms with van der Waals surface area (Å²) in [5.74, 6) is -2.57. The minimum Gasteiger partial charge on any atom is -0.462 e. The SMILES string of the molecule is CCOC(=O)C1=NN(c2c(Cl)cc(Cl)cc2Cl)C(=O)C1=CC=CC=CC1C(=O)N(c2c(Cl)cc(Cl)cc2Cl)N=C1C(=O)C#CO. The fourth-order valence-electron chi connectivity index (χ4n) is 4.03. The van der Waals surface area contributed by atoms with Gasteiger partial charge >= 0.3 is 5.97 Å². The summed E-state index contributed by atoms with van der Waals surface area (Å²) in [4.78, 5) is 51.8. The number of ketones is 1. The third kappa shape index (κ3) is 7.20. The van der Waals surface area contributed by atoms with Crippen LogP contribution in [0.4, 0.5) is 11.4 Å². The number of aliphatic hydroxyl groups excluding tert-OH is 1. The molecule has 230 valence electrons. The second kappa shape index (κ2) is 14.5. The number of ether oxygens (including phenoxy) is 1. The van der Waals surface area contributed by atoms with Gasteiger partial charge in [0, 0.05) is 16.0 Å². The van der Waals surface area contributed by atoms with Gasteiger partial charge in [0.25, 0.3) is 17.6 Å². The maximum atomic E-state index is 13.3. The van der Waals surface area contributed by atoms with Crippen molar-refractivity contribution in [3.63, 3.8) is 0 Å². The number of amides is 2. The van der Waals surface area contributed by atoms with Crippen LogP contribution in [0, 0.1) is 17.9 Å². The van der Waals surface area contributed by atoms with E-state index < -0.39 is 29.5 Å². The molecule has 4 rings (SSSR count). The van der Waals surface area contributed by atoms with Gasteiger partial charge in [-0.25, -0.2) is 4.79 Å². The summed E-state index contributed by atoms with van der Waals surface area (Å²) >= 11 is 37.0. The number of rotatable bonds is 8. The first-order chi connectivity index (χ1) is 21.4. The number of Topliss-reactive ketones (excluding diaryl/α,β-unsaturated/α-hetero) is 1. The number of nitrogens with zero attached hydrogens (tertiary/aromatic N) is 4. The zero-order valence-electron chi connectivity index (χ0n) is 22.5. The van der Waals surface area contributed by atoms with Crippen molar-refractivity contribution in [2.24, 2.45) is 16.1 Å². The highest BCUT2D eigenvalue weighted by atomic mass is 35.5. The largest absolute Gasteiger partial charge is 0.462 e. The molecule has 0 saturated heterocycles. The molecule has 2 amide bonds. The highest BCUT2D eigenvalue weighted by molar-refractivity contribution is 6.54. The number of benzene rings is 2. The third-order valence-electron chi connectivity index (χ3n) is 5.90. The van der Waals surface area contributed by atoms with Crippen LogP contribution in [0.1, 0.15) is 6.92 Å². The maximum Gasteiger partial charge on any atom is 0.359 e. The Balaban J connectivity index is 1.64. The van der Waals surface area contributed by atoms with Crippen molar-refractivity contribution in [1.29, 1.82) is 0 Å². The predicted octanol–water partition coefficient (Wildman–Crippen LogP) is 6.83. The van der Waals surface area contributed by atoms with E-state index in [-0.39, 0.29) is 65.1 Å². The molecule has 0 saturated carbocycles. The minimum absolute atomic E-state index is 0.00342. The van der Waals surface area contributed by atoms with Gasteiger partial charge < -0.3 is 9.84 Å². The molecule has 0 aromatic heterocycles. The van der Waals surface area contributed by atoms with Gasteiger partial charge in [-0.2, -0.15) is 20.2 Å². The molecule has 1 N–H and O–H groups in total. The van der Waals surface area contributed by atoms with Crippen LogP contribution in [0.5, 0.6) is 0 Å². The standard InChI is InChI=1S/C29H16Cl6N4O6/c1-2-45-29(44)24-17(28(43)39(37-24)26-20(34)12-15(31)13-21(26)35)7-5-3-4-6-16-23(22(41)8-9-40)36-38(27(16)42)25-18(32)10-14(30)11-19(25)33/h3-7,10-13,16,40H,2H2,1H3. The highest BCUT2D eigenvalue weighted by Gasteiger charge is 2.40. The van der Waals surface area contributed by atoms with E-state index >= 15 is 0 Å².